The van der Waals surface area contributed by atoms with Gasteiger partial charge in [-0.25, -0.2) is 9.66 Å². The number of benzene rings is 1. The quantitative estimate of drug-likeness (QED) is 0.773. The summed E-state index contributed by atoms with van der Waals surface area (Å²) in [6.45, 7) is 8.34. The van der Waals surface area contributed by atoms with Crippen LogP contribution >= 0.6 is 0 Å². The van der Waals surface area contributed by atoms with Gasteiger partial charge >= 0.3 is 0 Å². The van der Waals surface area contributed by atoms with E-state index in [-0.39, 0.29) is 0 Å². The van der Waals surface area contributed by atoms with Gasteiger partial charge in [0, 0.05) is 12.1 Å². The van der Waals surface area contributed by atoms with E-state index < -0.39 is 0 Å². The molecule has 1 aromatic heterocycles. The maximum atomic E-state index is 4.68. The van der Waals surface area contributed by atoms with Gasteiger partial charge in [-0.05, 0) is 55.5 Å². The highest BCUT2D eigenvalue weighted by Gasteiger charge is 2.18. The van der Waals surface area contributed by atoms with Gasteiger partial charge in [-0.15, -0.1) is 0 Å². The van der Waals surface area contributed by atoms with Crippen molar-refractivity contribution in [1.82, 2.24) is 9.66 Å². The molecule has 0 N–H and O–H groups in total. The van der Waals surface area contributed by atoms with Gasteiger partial charge in [-0.1, -0.05) is 25.1 Å². The SMILES string of the molecule is CC/C(C)=N/n1cc(C2=Cc3cccc(C)c3C2)nc1C. The lowest BCUT2D eigenvalue weighted by molar-refractivity contribution is 0.820. The van der Waals surface area contributed by atoms with Crippen molar-refractivity contribution in [2.75, 3.05) is 0 Å². The maximum absolute atomic E-state index is 4.68. The Labute approximate surface area is 126 Å². The Morgan fingerprint density at radius 3 is 2.86 bits per heavy atom. The molecular weight excluding hydrogens is 258 g/mol. The largest absolute Gasteiger partial charge is 0.232 e. The number of allylic oxidation sites excluding steroid dienone is 1. The highest BCUT2D eigenvalue weighted by molar-refractivity contribution is 5.88. The van der Waals surface area contributed by atoms with Gasteiger partial charge < -0.3 is 0 Å². The minimum absolute atomic E-state index is 0.936. The summed E-state index contributed by atoms with van der Waals surface area (Å²) in [7, 11) is 0. The molecule has 108 valence electrons. The van der Waals surface area contributed by atoms with Gasteiger partial charge in [0.2, 0.25) is 0 Å². The van der Waals surface area contributed by atoms with Crippen LogP contribution in [-0.4, -0.2) is 15.4 Å². The second kappa shape index (κ2) is 5.32. The van der Waals surface area contributed by atoms with Crippen molar-refractivity contribution in [2.24, 2.45) is 5.10 Å². The molecular formula is C18H21N3. The summed E-state index contributed by atoms with van der Waals surface area (Å²) >= 11 is 0. The highest BCUT2D eigenvalue weighted by atomic mass is 15.4. The molecule has 0 amide bonds. The summed E-state index contributed by atoms with van der Waals surface area (Å²) in [4.78, 5) is 4.68. The molecule has 0 spiro atoms. The van der Waals surface area contributed by atoms with Gasteiger partial charge in [-0.2, -0.15) is 5.10 Å². The summed E-state index contributed by atoms with van der Waals surface area (Å²) in [6, 6.07) is 6.47. The minimum atomic E-state index is 0.936. The Morgan fingerprint density at radius 2 is 2.14 bits per heavy atom. The highest BCUT2D eigenvalue weighted by Crippen LogP contribution is 2.32. The fourth-order valence-electron chi connectivity index (χ4n) is 2.67. The summed E-state index contributed by atoms with van der Waals surface area (Å²) in [5.41, 5.74) is 7.54. The molecule has 3 heteroatoms. The summed E-state index contributed by atoms with van der Waals surface area (Å²) in [6.07, 6.45) is 6.22. The van der Waals surface area contributed by atoms with Crippen LogP contribution in [0.15, 0.2) is 29.5 Å². The van der Waals surface area contributed by atoms with Crippen LogP contribution in [0, 0.1) is 13.8 Å². The first-order valence-corrected chi connectivity index (χ1v) is 7.48. The first-order valence-electron chi connectivity index (χ1n) is 7.48. The van der Waals surface area contributed by atoms with E-state index in [0.717, 1.165) is 30.1 Å². The average molecular weight is 279 g/mol. The van der Waals surface area contributed by atoms with Gasteiger partial charge in [0.1, 0.15) is 5.82 Å². The van der Waals surface area contributed by atoms with Crippen LogP contribution in [0.5, 0.6) is 0 Å². The molecule has 2 aromatic rings. The lowest BCUT2D eigenvalue weighted by atomic mass is 10.0. The van der Waals surface area contributed by atoms with Crippen molar-refractivity contribution in [2.45, 2.75) is 40.5 Å². The molecule has 3 nitrogen and oxygen atoms in total. The molecule has 0 fully saturated rings. The third kappa shape index (κ3) is 2.56. The van der Waals surface area contributed by atoms with E-state index in [4.69, 9.17) is 0 Å². The number of nitrogens with zero attached hydrogens (tertiary/aromatic N) is 3. The fraction of sp³-hybridized carbons (Fsp3) is 0.333. The van der Waals surface area contributed by atoms with Gasteiger partial charge in [0.05, 0.1) is 11.9 Å². The van der Waals surface area contributed by atoms with Crippen LogP contribution < -0.4 is 0 Å². The number of hydrogen-bond donors (Lipinski definition) is 0. The molecule has 0 atom stereocenters. The van der Waals surface area contributed by atoms with E-state index in [2.05, 4.69) is 48.2 Å². The number of fused-ring (bicyclic) bond motifs is 1. The molecule has 1 heterocycles. The Kier molecular flexibility index (Phi) is 3.50. The Bertz CT molecular complexity index is 748. The molecule has 0 radical (unpaired) electrons. The van der Waals surface area contributed by atoms with Crippen molar-refractivity contribution in [1.29, 1.82) is 0 Å². The van der Waals surface area contributed by atoms with Crippen LogP contribution in [-0.2, 0) is 6.42 Å². The molecule has 1 aliphatic rings. The predicted octanol–water partition coefficient (Wildman–Crippen LogP) is 4.23. The van der Waals surface area contributed by atoms with Crippen molar-refractivity contribution < 1.29 is 0 Å². The lowest BCUT2D eigenvalue weighted by Gasteiger charge is -2.02. The van der Waals surface area contributed by atoms with Crippen molar-refractivity contribution in [3.8, 4) is 0 Å². The van der Waals surface area contributed by atoms with E-state index in [1.165, 1.54) is 22.3 Å². The smallest absolute Gasteiger partial charge is 0.127 e. The number of imidazole rings is 1. The molecule has 21 heavy (non-hydrogen) atoms. The van der Waals surface area contributed by atoms with Crippen LogP contribution in [0.3, 0.4) is 0 Å². The van der Waals surface area contributed by atoms with Crippen molar-refractivity contribution >= 4 is 17.4 Å². The number of aromatic nitrogens is 2. The van der Waals surface area contributed by atoms with Gasteiger partial charge in [-0.3, -0.25) is 0 Å². The van der Waals surface area contributed by atoms with Crippen LogP contribution in [0.4, 0.5) is 0 Å². The minimum Gasteiger partial charge on any atom is -0.232 e. The third-order valence-electron chi connectivity index (χ3n) is 4.12. The van der Waals surface area contributed by atoms with Gasteiger partial charge in [0.15, 0.2) is 0 Å². The van der Waals surface area contributed by atoms with E-state index in [0.29, 0.717) is 0 Å². The Balaban J connectivity index is 1.94. The number of aryl methyl sites for hydroxylation is 2. The third-order valence-corrected chi connectivity index (χ3v) is 4.12. The fourth-order valence-corrected chi connectivity index (χ4v) is 2.67. The molecule has 0 unspecified atom stereocenters. The van der Waals surface area contributed by atoms with E-state index in [9.17, 15) is 0 Å². The summed E-state index contributed by atoms with van der Waals surface area (Å²) in [5.74, 6) is 0.936. The van der Waals surface area contributed by atoms with E-state index in [1.54, 1.807) is 0 Å². The first-order chi connectivity index (χ1) is 10.1. The Hall–Kier alpha value is -2.16. The molecule has 3 rings (SSSR count). The molecule has 1 aromatic carbocycles. The summed E-state index contributed by atoms with van der Waals surface area (Å²) < 4.78 is 1.89. The number of hydrogen-bond acceptors (Lipinski definition) is 2. The Morgan fingerprint density at radius 1 is 1.33 bits per heavy atom. The topological polar surface area (TPSA) is 30.2 Å². The number of rotatable bonds is 3. The standard InChI is InChI=1S/C18H21N3/c1-5-13(3)20-21-11-18(19-14(21)4)16-9-15-8-6-7-12(2)17(15)10-16/h6-9,11H,5,10H2,1-4H3/b20-13+. The molecule has 0 saturated carbocycles. The molecule has 1 aliphatic carbocycles. The van der Waals surface area contributed by atoms with E-state index >= 15 is 0 Å². The van der Waals surface area contributed by atoms with Gasteiger partial charge in [0.25, 0.3) is 0 Å². The second-order valence-corrected chi connectivity index (χ2v) is 5.70. The first kappa shape index (κ1) is 13.8. The second-order valence-electron chi connectivity index (χ2n) is 5.70. The lowest BCUT2D eigenvalue weighted by Crippen LogP contribution is -1.96. The monoisotopic (exact) mass is 279 g/mol. The van der Waals surface area contributed by atoms with Crippen LogP contribution in [0.25, 0.3) is 11.6 Å². The molecule has 0 bridgehead atoms. The van der Waals surface area contributed by atoms with Crippen molar-refractivity contribution in [3.63, 3.8) is 0 Å². The van der Waals surface area contributed by atoms with Crippen molar-refractivity contribution in [3.05, 3.63) is 52.6 Å². The van der Waals surface area contributed by atoms with Crippen LogP contribution in [0.2, 0.25) is 0 Å². The zero-order chi connectivity index (χ0) is 15.0. The zero-order valence-electron chi connectivity index (χ0n) is 13.1. The zero-order valence-corrected chi connectivity index (χ0v) is 13.1. The average Bonchev–Trinajstić information content (AvgIpc) is 3.04. The van der Waals surface area contributed by atoms with E-state index in [1.807, 2.05) is 24.7 Å². The molecule has 0 aliphatic heterocycles. The predicted molar refractivity (Wildman–Crippen MR) is 88.5 cm³/mol. The molecule has 0 saturated heterocycles. The normalized spacial score (nSPS) is 14.3. The maximum Gasteiger partial charge on any atom is 0.127 e. The summed E-state index contributed by atoms with van der Waals surface area (Å²) in [5, 5.41) is 4.58. The van der Waals surface area contributed by atoms with Crippen LogP contribution in [0.1, 0.15) is 48.5 Å².